The molecule has 0 radical (unpaired) electrons. The van der Waals surface area contributed by atoms with E-state index in [2.05, 4.69) is 27.2 Å². The second-order valence-electron chi connectivity index (χ2n) is 5.25. The van der Waals surface area contributed by atoms with Crippen LogP contribution in [0.25, 0.3) is 0 Å². The van der Waals surface area contributed by atoms with Gasteiger partial charge in [-0.3, -0.25) is 0 Å². The van der Waals surface area contributed by atoms with Crippen molar-refractivity contribution in [3.8, 4) is 11.5 Å². The Morgan fingerprint density at radius 3 is 2.58 bits per heavy atom. The van der Waals surface area contributed by atoms with Crippen LogP contribution in [0.5, 0.6) is 11.5 Å². The number of nitrogens with one attached hydrogen (secondary N) is 2. The lowest BCUT2D eigenvalue weighted by Crippen LogP contribution is -2.10. The van der Waals surface area contributed by atoms with Crippen LogP contribution in [0.15, 0.2) is 36.9 Å². The Kier molecular flexibility index (Phi) is 6.42. The van der Waals surface area contributed by atoms with Crippen LogP contribution < -0.4 is 20.1 Å². The van der Waals surface area contributed by atoms with Crippen molar-refractivity contribution in [1.82, 2.24) is 9.97 Å². The summed E-state index contributed by atoms with van der Waals surface area (Å²) in [7, 11) is 3.27. The lowest BCUT2D eigenvalue weighted by atomic mass is 10.1. The first-order valence-corrected chi connectivity index (χ1v) is 7.81. The Bertz CT molecular complexity index is 689. The second kappa shape index (κ2) is 8.76. The molecule has 0 bridgehead atoms. The summed E-state index contributed by atoms with van der Waals surface area (Å²) >= 11 is 0. The van der Waals surface area contributed by atoms with Crippen molar-refractivity contribution in [2.24, 2.45) is 0 Å². The molecule has 2 aromatic rings. The molecule has 0 aliphatic carbocycles. The second-order valence-corrected chi connectivity index (χ2v) is 5.25. The zero-order valence-corrected chi connectivity index (χ0v) is 14.4. The molecule has 0 fully saturated rings. The van der Waals surface area contributed by atoms with Crippen LogP contribution in [0.4, 0.5) is 11.8 Å². The lowest BCUT2D eigenvalue weighted by molar-refractivity contribution is 0.354. The van der Waals surface area contributed by atoms with E-state index in [1.807, 2.05) is 31.2 Å². The topological polar surface area (TPSA) is 68.3 Å². The smallest absolute Gasteiger partial charge is 0.224 e. The Balaban J connectivity index is 1.96. The molecule has 0 aliphatic rings. The van der Waals surface area contributed by atoms with Gasteiger partial charge in [0.05, 0.1) is 14.2 Å². The van der Waals surface area contributed by atoms with Crippen LogP contribution in [0.3, 0.4) is 0 Å². The summed E-state index contributed by atoms with van der Waals surface area (Å²) in [4.78, 5) is 8.84. The molecule has 0 saturated carbocycles. The van der Waals surface area contributed by atoms with Gasteiger partial charge in [0, 0.05) is 24.8 Å². The molecule has 1 aromatic carbocycles. The highest BCUT2D eigenvalue weighted by atomic mass is 16.5. The van der Waals surface area contributed by atoms with E-state index >= 15 is 0 Å². The Labute approximate surface area is 142 Å². The quantitative estimate of drug-likeness (QED) is 0.690. The Morgan fingerprint density at radius 2 is 1.88 bits per heavy atom. The third-order valence-electron chi connectivity index (χ3n) is 3.43. The summed E-state index contributed by atoms with van der Waals surface area (Å²) < 4.78 is 10.6. The summed E-state index contributed by atoms with van der Waals surface area (Å²) in [6, 6.07) is 7.82. The first kappa shape index (κ1) is 17.6. The highest BCUT2D eigenvalue weighted by Gasteiger charge is 2.05. The molecule has 0 amide bonds. The predicted octanol–water partition coefficient (Wildman–Crippen LogP) is 3.05. The third-order valence-corrected chi connectivity index (χ3v) is 3.43. The van der Waals surface area contributed by atoms with Gasteiger partial charge in [-0.2, -0.15) is 4.98 Å². The average Bonchev–Trinajstić information content (AvgIpc) is 2.59. The molecule has 128 valence electrons. The van der Waals surface area contributed by atoms with Gasteiger partial charge in [-0.05, 0) is 31.0 Å². The standard InChI is InChI=1S/C18H24N4O2/c1-5-9-19-17-11-13(2)21-18(22-17)20-10-8-14-6-7-15(23-3)16(12-14)24-4/h5-7,11-12H,1,8-10H2,2-4H3,(H2,19,20,21,22). The maximum Gasteiger partial charge on any atom is 0.224 e. The Hall–Kier alpha value is -2.76. The molecule has 0 atom stereocenters. The molecule has 24 heavy (non-hydrogen) atoms. The summed E-state index contributed by atoms with van der Waals surface area (Å²) in [6.45, 7) is 7.02. The van der Waals surface area contributed by atoms with E-state index < -0.39 is 0 Å². The van der Waals surface area contributed by atoms with Gasteiger partial charge < -0.3 is 20.1 Å². The number of hydrogen-bond donors (Lipinski definition) is 2. The van der Waals surface area contributed by atoms with Gasteiger partial charge in [-0.1, -0.05) is 12.1 Å². The molecule has 6 nitrogen and oxygen atoms in total. The number of ether oxygens (including phenoxy) is 2. The zero-order valence-electron chi connectivity index (χ0n) is 14.4. The molecule has 0 spiro atoms. The number of rotatable bonds is 9. The highest BCUT2D eigenvalue weighted by Crippen LogP contribution is 2.27. The minimum Gasteiger partial charge on any atom is -0.493 e. The molecule has 0 saturated heterocycles. The number of nitrogens with zero attached hydrogens (tertiary/aromatic N) is 2. The van der Waals surface area contributed by atoms with Gasteiger partial charge in [0.2, 0.25) is 5.95 Å². The maximum atomic E-state index is 5.32. The summed E-state index contributed by atoms with van der Waals surface area (Å²) in [5.74, 6) is 2.87. The number of anilines is 2. The largest absolute Gasteiger partial charge is 0.493 e. The molecular weight excluding hydrogens is 304 g/mol. The fraction of sp³-hybridized carbons (Fsp3) is 0.333. The summed E-state index contributed by atoms with van der Waals surface area (Å²) in [6.07, 6.45) is 2.62. The fourth-order valence-corrected chi connectivity index (χ4v) is 2.27. The van der Waals surface area contributed by atoms with Gasteiger partial charge in [-0.25, -0.2) is 4.98 Å². The van der Waals surface area contributed by atoms with E-state index in [0.29, 0.717) is 12.5 Å². The Morgan fingerprint density at radius 1 is 1.08 bits per heavy atom. The van der Waals surface area contributed by atoms with Crippen molar-refractivity contribution in [1.29, 1.82) is 0 Å². The molecule has 1 heterocycles. The van der Waals surface area contributed by atoms with Crippen molar-refractivity contribution in [3.63, 3.8) is 0 Å². The number of benzene rings is 1. The number of hydrogen-bond acceptors (Lipinski definition) is 6. The average molecular weight is 328 g/mol. The zero-order chi connectivity index (χ0) is 17.4. The molecule has 6 heteroatoms. The van der Waals surface area contributed by atoms with E-state index in [-0.39, 0.29) is 0 Å². The van der Waals surface area contributed by atoms with E-state index in [9.17, 15) is 0 Å². The first-order valence-electron chi connectivity index (χ1n) is 7.81. The monoisotopic (exact) mass is 328 g/mol. The molecule has 1 aromatic heterocycles. The minimum atomic E-state index is 0.613. The number of methoxy groups -OCH3 is 2. The summed E-state index contributed by atoms with van der Waals surface area (Å²) in [5, 5.41) is 6.43. The predicted molar refractivity (Wildman–Crippen MR) is 97.2 cm³/mol. The van der Waals surface area contributed by atoms with Crippen molar-refractivity contribution < 1.29 is 9.47 Å². The molecule has 2 N–H and O–H groups in total. The molecule has 2 rings (SSSR count). The van der Waals surface area contributed by atoms with Crippen LogP contribution >= 0.6 is 0 Å². The van der Waals surface area contributed by atoms with Gasteiger partial charge >= 0.3 is 0 Å². The van der Waals surface area contributed by atoms with Gasteiger partial charge in [0.25, 0.3) is 0 Å². The fourth-order valence-electron chi connectivity index (χ4n) is 2.27. The van der Waals surface area contributed by atoms with Crippen LogP contribution in [-0.4, -0.2) is 37.3 Å². The molecular formula is C18H24N4O2. The van der Waals surface area contributed by atoms with E-state index in [1.165, 1.54) is 0 Å². The maximum absolute atomic E-state index is 5.32. The van der Waals surface area contributed by atoms with Crippen molar-refractivity contribution >= 4 is 11.8 Å². The number of aromatic nitrogens is 2. The minimum absolute atomic E-state index is 0.613. The number of aryl methyl sites for hydroxylation is 1. The summed E-state index contributed by atoms with van der Waals surface area (Å²) in [5.41, 5.74) is 2.06. The van der Waals surface area contributed by atoms with Crippen LogP contribution in [0, 0.1) is 6.92 Å². The van der Waals surface area contributed by atoms with Crippen molar-refractivity contribution in [2.75, 3.05) is 37.9 Å². The van der Waals surface area contributed by atoms with Gasteiger partial charge in [0.1, 0.15) is 5.82 Å². The van der Waals surface area contributed by atoms with Gasteiger partial charge in [0.15, 0.2) is 11.5 Å². The third kappa shape index (κ3) is 4.87. The SMILES string of the molecule is C=CCNc1cc(C)nc(NCCc2ccc(OC)c(OC)c2)n1. The van der Waals surface area contributed by atoms with E-state index in [1.54, 1.807) is 20.3 Å². The van der Waals surface area contributed by atoms with Crippen molar-refractivity contribution in [2.45, 2.75) is 13.3 Å². The van der Waals surface area contributed by atoms with Gasteiger partial charge in [-0.15, -0.1) is 6.58 Å². The van der Waals surface area contributed by atoms with Crippen molar-refractivity contribution in [3.05, 3.63) is 48.2 Å². The van der Waals surface area contributed by atoms with E-state index in [0.717, 1.165) is 41.5 Å². The highest BCUT2D eigenvalue weighted by molar-refractivity contribution is 5.44. The van der Waals surface area contributed by atoms with Crippen LogP contribution in [0.2, 0.25) is 0 Å². The van der Waals surface area contributed by atoms with Crippen LogP contribution in [0.1, 0.15) is 11.3 Å². The van der Waals surface area contributed by atoms with Crippen LogP contribution in [-0.2, 0) is 6.42 Å². The lowest BCUT2D eigenvalue weighted by Gasteiger charge is -2.11. The molecule has 0 unspecified atom stereocenters. The molecule has 0 aliphatic heterocycles. The first-order chi connectivity index (χ1) is 11.7. The van der Waals surface area contributed by atoms with E-state index in [4.69, 9.17) is 9.47 Å². The normalized spacial score (nSPS) is 10.1.